The Balaban J connectivity index is 1.72. The maximum Gasteiger partial charge on any atom is 0.411 e. The van der Waals surface area contributed by atoms with Crippen molar-refractivity contribution in [2.75, 3.05) is 23.9 Å². The lowest BCUT2D eigenvalue weighted by molar-refractivity contribution is 0.200. The Labute approximate surface area is 212 Å². The zero-order valence-corrected chi connectivity index (χ0v) is 21.0. The van der Waals surface area contributed by atoms with Crippen LogP contribution in [0.3, 0.4) is 0 Å². The molecule has 1 saturated carbocycles. The summed E-state index contributed by atoms with van der Waals surface area (Å²) in [6.45, 7) is 3.67. The summed E-state index contributed by atoms with van der Waals surface area (Å²) in [6, 6.07) is 8.07. The Morgan fingerprint density at radius 2 is 2.00 bits per heavy atom. The number of aromatic nitrogens is 3. The summed E-state index contributed by atoms with van der Waals surface area (Å²) in [5.74, 6) is 0.638. The predicted molar refractivity (Wildman–Crippen MR) is 136 cm³/mol. The molecule has 2 aromatic heterocycles. The van der Waals surface area contributed by atoms with Gasteiger partial charge in [-0.1, -0.05) is 35.3 Å². The van der Waals surface area contributed by atoms with Crippen molar-refractivity contribution in [1.29, 1.82) is 0 Å². The van der Waals surface area contributed by atoms with Gasteiger partial charge in [0.25, 0.3) is 5.56 Å². The summed E-state index contributed by atoms with van der Waals surface area (Å²) < 4.78 is 6.73. The van der Waals surface area contributed by atoms with Crippen LogP contribution in [0.4, 0.5) is 22.0 Å². The molecule has 1 aliphatic carbocycles. The van der Waals surface area contributed by atoms with E-state index in [9.17, 15) is 14.7 Å². The van der Waals surface area contributed by atoms with E-state index >= 15 is 0 Å². The maximum absolute atomic E-state index is 13.5. The van der Waals surface area contributed by atoms with Crippen molar-refractivity contribution >= 4 is 46.5 Å². The molecule has 2 heterocycles. The summed E-state index contributed by atoms with van der Waals surface area (Å²) in [4.78, 5) is 35.4. The zero-order valence-electron chi connectivity index (χ0n) is 19.5. The number of pyridine rings is 1. The number of anilines is 3. The predicted octanol–water partition coefficient (Wildman–Crippen LogP) is 5.45. The molecule has 184 valence electrons. The van der Waals surface area contributed by atoms with Gasteiger partial charge in [0.05, 0.1) is 41.8 Å². The van der Waals surface area contributed by atoms with Gasteiger partial charge in [0.2, 0.25) is 5.88 Å². The number of hydrogen-bond acceptors (Lipinski definition) is 6. The number of carboxylic acid groups (broad SMARTS) is 1. The molecule has 1 aromatic carbocycles. The van der Waals surface area contributed by atoms with E-state index in [4.69, 9.17) is 27.9 Å². The quantitative estimate of drug-likeness (QED) is 0.408. The summed E-state index contributed by atoms with van der Waals surface area (Å²) in [6.07, 6.45) is 2.04. The number of carbonyl (C=O) groups is 1. The van der Waals surface area contributed by atoms with E-state index in [1.54, 1.807) is 38.3 Å². The number of nitrogens with one attached hydrogen (secondary N) is 1. The van der Waals surface area contributed by atoms with Gasteiger partial charge in [-0.15, -0.1) is 0 Å². The summed E-state index contributed by atoms with van der Waals surface area (Å²) >= 11 is 12.6. The molecule has 0 unspecified atom stereocenters. The first-order chi connectivity index (χ1) is 16.7. The number of hydrogen-bond donors (Lipinski definition) is 2. The molecule has 2 N–H and O–H groups in total. The van der Waals surface area contributed by atoms with Crippen LogP contribution in [0.15, 0.2) is 41.3 Å². The smallest absolute Gasteiger partial charge is 0.411 e. The summed E-state index contributed by atoms with van der Waals surface area (Å²) in [7, 11) is 1.54. The van der Waals surface area contributed by atoms with Crippen molar-refractivity contribution < 1.29 is 14.6 Å². The van der Waals surface area contributed by atoms with Crippen LogP contribution < -0.4 is 20.5 Å². The Morgan fingerprint density at radius 1 is 1.29 bits per heavy atom. The number of para-hydroxylation sites is 1. The van der Waals surface area contributed by atoms with Crippen LogP contribution in [-0.4, -0.2) is 39.4 Å². The van der Waals surface area contributed by atoms with E-state index in [0.717, 1.165) is 18.4 Å². The second-order valence-corrected chi connectivity index (χ2v) is 9.24. The highest BCUT2D eigenvalue weighted by atomic mass is 35.5. The van der Waals surface area contributed by atoms with Gasteiger partial charge in [0.15, 0.2) is 5.82 Å². The molecule has 1 fully saturated rings. The molecule has 0 radical (unpaired) electrons. The molecule has 1 atom stereocenters. The topological polar surface area (TPSA) is 110 Å². The highest BCUT2D eigenvalue weighted by molar-refractivity contribution is 6.33. The van der Waals surface area contributed by atoms with Crippen molar-refractivity contribution in [1.82, 2.24) is 14.5 Å². The van der Waals surface area contributed by atoms with E-state index in [1.165, 1.54) is 15.7 Å². The van der Waals surface area contributed by atoms with Gasteiger partial charge in [-0.2, -0.15) is 0 Å². The molecule has 0 bridgehead atoms. The van der Waals surface area contributed by atoms with Gasteiger partial charge in [-0.25, -0.2) is 14.8 Å². The van der Waals surface area contributed by atoms with Crippen LogP contribution >= 0.6 is 23.2 Å². The fourth-order valence-electron chi connectivity index (χ4n) is 4.03. The molecule has 11 heteroatoms. The highest BCUT2D eigenvalue weighted by Crippen LogP contribution is 2.41. The third kappa shape index (κ3) is 5.36. The number of amides is 1. The van der Waals surface area contributed by atoms with E-state index in [0.29, 0.717) is 28.0 Å². The molecule has 35 heavy (non-hydrogen) atoms. The van der Waals surface area contributed by atoms with Gasteiger partial charge < -0.3 is 19.7 Å². The number of aryl methyl sites for hydroxylation is 2. The fourth-order valence-corrected chi connectivity index (χ4v) is 4.46. The number of nitrogens with zero attached hydrogens (tertiary/aromatic N) is 4. The Bertz CT molecular complexity index is 1330. The Kier molecular flexibility index (Phi) is 7.18. The van der Waals surface area contributed by atoms with E-state index in [1.807, 2.05) is 13.0 Å². The van der Waals surface area contributed by atoms with Crippen LogP contribution in [0.2, 0.25) is 10.2 Å². The van der Waals surface area contributed by atoms with Gasteiger partial charge in [-0.05, 0) is 50.8 Å². The van der Waals surface area contributed by atoms with Crippen LogP contribution in [-0.2, 0) is 0 Å². The van der Waals surface area contributed by atoms with Crippen molar-refractivity contribution in [3.8, 4) is 5.88 Å². The summed E-state index contributed by atoms with van der Waals surface area (Å²) in [5.41, 5.74) is 1.94. The largest absolute Gasteiger partial charge is 0.481 e. The van der Waals surface area contributed by atoms with Crippen LogP contribution in [0.5, 0.6) is 5.88 Å². The monoisotopic (exact) mass is 517 g/mol. The number of methoxy groups -OCH3 is 1. The molecule has 0 saturated heterocycles. The molecule has 4 rings (SSSR count). The number of rotatable bonds is 8. The minimum Gasteiger partial charge on any atom is -0.481 e. The lowest BCUT2D eigenvalue weighted by Crippen LogP contribution is -2.39. The van der Waals surface area contributed by atoms with Crippen molar-refractivity contribution in [3.63, 3.8) is 0 Å². The fraction of sp³-hybridized carbons (Fsp3) is 0.333. The average molecular weight is 518 g/mol. The van der Waals surface area contributed by atoms with Crippen LogP contribution in [0.25, 0.3) is 0 Å². The second kappa shape index (κ2) is 10.1. The average Bonchev–Trinajstić information content (AvgIpc) is 3.65. The van der Waals surface area contributed by atoms with Gasteiger partial charge in [0, 0.05) is 11.8 Å². The van der Waals surface area contributed by atoms with E-state index in [-0.39, 0.29) is 23.4 Å². The lowest BCUT2D eigenvalue weighted by atomic mass is 10.1. The zero-order chi connectivity index (χ0) is 25.3. The number of ether oxygens (including phenoxy) is 1. The summed E-state index contributed by atoms with van der Waals surface area (Å²) in [5, 5.41) is 13.4. The minimum atomic E-state index is -1.16. The lowest BCUT2D eigenvalue weighted by Gasteiger charge is -2.28. The van der Waals surface area contributed by atoms with Gasteiger partial charge >= 0.3 is 6.09 Å². The van der Waals surface area contributed by atoms with Gasteiger partial charge in [-0.3, -0.25) is 9.69 Å². The van der Waals surface area contributed by atoms with E-state index in [2.05, 4.69) is 15.3 Å². The normalized spacial score (nSPS) is 13.9. The first kappa shape index (κ1) is 24.8. The maximum atomic E-state index is 13.5. The van der Waals surface area contributed by atoms with Crippen LogP contribution in [0.1, 0.15) is 30.1 Å². The minimum absolute atomic E-state index is 0.0252. The molecular weight excluding hydrogens is 493 g/mol. The van der Waals surface area contributed by atoms with E-state index < -0.39 is 17.7 Å². The Hall–Kier alpha value is -3.30. The third-order valence-electron chi connectivity index (χ3n) is 5.97. The Morgan fingerprint density at radius 3 is 2.63 bits per heavy atom. The molecule has 3 aromatic rings. The third-order valence-corrected chi connectivity index (χ3v) is 6.47. The number of benzene rings is 1. The molecular formula is C24H25Cl2N5O4. The molecule has 0 aliphatic heterocycles. The highest BCUT2D eigenvalue weighted by Gasteiger charge is 2.36. The standard InChI is InChI=1S/C24H25Cl2N5O4/c1-13-10-17(14(2)27-22(13)35-3)28-21-23(32)30(12-20(26)29-21)19(15-8-9-15)11-31(24(33)34)18-7-5-4-6-16(18)25/h4-7,10,12,15,19H,8-9,11H2,1-3H3,(H,28,29)(H,33,34)/t19-/m1/s1. The second-order valence-electron chi connectivity index (χ2n) is 8.45. The SMILES string of the molecule is COc1nc(C)c(Nc2nc(Cl)cn([C@H](CN(C(=O)O)c3ccccc3Cl)C3CC3)c2=O)cc1C. The van der Waals surface area contributed by atoms with Gasteiger partial charge in [0.1, 0.15) is 5.15 Å². The first-order valence-corrected chi connectivity index (χ1v) is 11.8. The van der Waals surface area contributed by atoms with Crippen molar-refractivity contribution in [2.45, 2.75) is 32.7 Å². The van der Waals surface area contributed by atoms with Crippen molar-refractivity contribution in [3.05, 3.63) is 68.3 Å². The first-order valence-electron chi connectivity index (χ1n) is 11.0. The molecule has 1 amide bonds. The molecule has 9 nitrogen and oxygen atoms in total. The molecule has 0 spiro atoms. The van der Waals surface area contributed by atoms with Crippen molar-refractivity contribution in [2.24, 2.45) is 5.92 Å². The number of halogens is 2. The van der Waals surface area contributed by atoms with Crippen LogP contribution in [0, 0.1) is 19.8 Å². The molecule has 1 aliphatic rings.